The van der Waals surface area contributed by atoms with Crippen molar-refractivity contribution in [2.24, 2.45) is 0 Å². The smallest absolute Gasteiger partial charge is 0.164 e. The van der Waals surface area contributed by atoms with Crippen LogP contribution in [0, 0.1) is 13.8 Å². The lowest BCUT2D eigenvalue weighted by Crippen LogP contribution is -2.38. The quantitative estimate of drug-likeness (QED) is 0.939. The van der Waals surface area contributed by atoms with Gasteiger partial charge in [-0.3, -0.25) is 0 Å². The number of hydrogen-bond donors (Lipinski definition) is 1. The van der Waals surface area contributed by atoms with Crippen LogP contribution in [0.2, 0.25) is 0 Å². The highest BCUT2D eigenvalue weighted by atomic mass is 16.5. The molecular formula is C17H21NO3. The Morgan fingerprint density at radius 2 is 2.19 bits per heavy atom. The van der Waals surface area contributed by atoms with E-state index in [9.17, 15) is 0 Å². The topological polar surface area (TPSA) is 43.6 Å². The van der Waals surface area contributed by atoms with Gasteiger partial charge in [0.2, 0.25) is 0 Å². The molecule has 0 fully saturated rings. The number of hydrogen-bond acceptors (Lipinski definition) is 4. The molecule has 21 heavy (non-hydrogen) atoms. The minimum Gasteiger partial charge on any atom is -0.493 e. The summed E-state index contributed by atoms with van der Waals surface area (Å²) < 4.78 is 16.9. The summed E-state index contributed by atoms with van der Waals surface area (Å²) in [6, 6.07) is 8.40. The van der Waals surface area contributed by atoms with E-state index in [2.05, 4.69) is 24.4 Å². The largest absolute Gasteiger partial charge is 0.493 e. The molecule has 4 nitrogen and oxygen atoms in total. The molecule has 3 rings (SSSR count). The predicted molar refractivity (Wildman–Crippen MR) is 81.0 cm³/mol. The molecule has 1 N–H and O–H groups in total. The monoisotopic (exact) mass is 287 g/mol. The van der Waals surface area contributed by atoms with Gasteiger partial charge in [-0.05, 0) is 43.5 Å². The third-order valence-corrected chi connectivity index (χ3v) is 3.96. The van der Waals surface area contributed by atoms with Gasteiger partial charge in [0.1, 0.15) is 18.1 Å². The van der Waals surface area contributed by atoms with Crippen LogP contribution in [0.5, 0.6) is 11.5 Å². The average molecular weight is 287 g/mol. The fourth-order valence-electron chi connectivity index (χ4n) is 2.67. The second-order valence-corrected chi connectivity index (χ2v) is 5.49. The molecule has 1 atom stereocenters. The molecule has 1 aliphatic heterocycles. The molecule has 0 unspecified atom stereocenters. The van der Waals surface area contributed by atoms with E-state index in [-0.39, 0.29) is 6.04 Å². The average Bonchev–Trinajstić information content (AvgIpc) is 2.83. The Morgan fingerprint density at radius 1 is 1.33 bits per heavy atom. The summed E-state index contributed by atoms with van der Waals surface area (Å²) in [5.74, 6) is 3.65. The van der Waals surface area contributed by atoms with E-state index < -0.39 is 0 Å². The number of rotatable bonds is 4. The van der Waals surface area contributed by atoms with Crippen LogP contribution in [0.1, 0.15) is 22.6 Å². The normalized spacial score (nSPS) is 17.2. The molecule has 4 heteroatoms. The first kappa shape index (κ1) is 14.0. The van der Waals surface area contributed by atoms with Crippen LogP contribution in [-0.2, 0) is 13.0 Å². The molecule has 0 saturated carbocycles. The van der Waals surface area contributed by atoms with Crippen molar-refractivity contribution in [2.75, 3.05) is 13.7 Å². The second kappa shape index (κ2) is 5.82. The van der Waals surface area contributed by atoms with Gasteiger partial charge < -0.3 is 19.2 Å². The van der Waals surface area contributed by atoms with Gasteiger partial charge in [0, 0.05) is 6.04 Å². The summed E-state index contributed by atoms with van der Waals surface area (Å²) in [5, 5.41) is 3.50. The van der Waals surface area contributed by atoms with E-state index in [0.29, 0.717) is 6.61 Å². The molecule has 2 aromatic rings. The minimum absolute atomic E-state index is 0.287. The standard InChI is InChI=1S/C17H21NO3/c1-11-7-15(21-12(11)2)9-18-14-8-13-5-4-6-16(19-3)17(13)20-10-14/h4-7,14,18H,8-10H2,1-3H3/t14-/m0/s1. The number of benzene rings is 1. The molecule has 0 saturated heterocycles. The van der Waals surface area contributed by atoms with Gasteiger partial charge in [-0.2, -0.15) is 0 Å². The molecule has 0 aliphatic carbocycles. The third-order valence-electron chi connectivity index (χ3n) is 3.96. The van der Waals surface area contributed by atoms with Gasteiger partial charge in [0.15, 0.2) is 11.5 Å². The zero-order chi connectivity index (χ0) is 14.8. The Balaban J connectivity index is 1.64. The number of nitrogens with one attached hydrogen (secondary N) is 1. The van der Waals surface area contributed by atoms with Crippen molar-refractivity contribution < 1.29 is 13.9 Å². The summed E-state index contributed by atoms with van der Waals surface area (Å²) >= 11 is 0. The zero-order valence-electron chi connectivity index (χ0n) is 12.7. The van der Waals surface area contributed by atoms with E-state index >= 15 is 0 Å². The second-order valence-electron chi connectivity index (χ2n) is 5.49. The summed E-state index contributed by atoms with van der Waals surface area (Å²) in [6.45, 7) is 5.42. The number of ether oxygens (including phenoxy) is 2. The maximum atomic E-state index is 5.86. The summed E-state index contributed by atoms with van der Waals surface area (Å²) in [4.78, 5) is 0. The van der Waals surface area contributed by atoms with Gasteiger partial charge >= 0.3 is 0 Å². The summed E-state index contributed by atoms with van der Waals surface area (Å²) in [6.07, 6.45) is 0.936. The van der Waals surface area contributed by atoms with Crippen molar-refractivity contribution in [3.63, 3.8) is 0 Å². The first-order valence-corrected chi connectivity index (χ1v) is 7.25. The highest BCUT2D eigenvalue weighted by Crippen LogP contribution is 2.34. The zero-order valence-corrected chi connectivity index (χ0v) is 12.7. The molecule has 112 valence electrons. The van der Waals surface area contributed by atoms with Crippen LogP contribution in [-0.4, -0.2) is 19.8 Å². The predicted octanol–water partition coefficient (Wildman–Crippen LogP) is 3.00. The third kappa shape index (κ3) is 2.90. The number of methoxy groups -OCH3 is 1. The Morgan fingerprint density at radius 3 is 2.90 bits per heavy atom. The van der Waals surface area contributed by atoms with Gasteiger partial charge in [-0.1, -0.05) is 12.1 Å². The fraction of sp³-hybridized carbons (Fsp3) is 0.412. The van der Waals surface area contributed by atoms with Crippen molar-refractivity contribution in [3.8, 4) is 11.5 Å². The Bertz CT molecular complexity index is 613. The van der Waals surface area contributed by atoms with E-state index in [1.54, 1.807) is 7.11 Å². The molecule has 1 aromatic carbocycles. The molecule has 0 spiro atoms. The first-order valence-electron chi connectivity index (χ1n) is 7.25. The van der Waals surface area contributed by atoms with E-state index in [0.717, 1.165) is 36.0 Å². The Hall–Kier alpha value is -1.94. The lowest BCUT2D eigenvalue weighted by molar-refractivity contribution is 0.224. The highest BCUT2D eigenvalue weighted by Gasteiger charge is 2.22. The lowest BCUT2D eigenvalue weighted by Gasteiger charge is -2.27. The van der Waals surface area contributed by atoms with Crippen LogP contribution in [0.15, 0.2) is 28.7 Å². The Kier molecular flexibility index (Phi) is 3.88. The number of aryl methyl sites for hydroxylation is 2. The van der Waals surface area contributed by atoms with Crippen LogP contribution in [0.3, 0.4) is 0 Å². The van der Waals surface area contributed by atoms with Crippen LogP contribution >= 0.6 is 0 Å². The maximum absolute atomic E-state index is 5.86. The number of fused-ring (bicyclic) bond motifs is 1. The van der Waals surface area contributed by atoms with Crippen LogP contribution in [0.25, 0.3) is 0 Å². The maximum Gasteiger partial charge on any atom is 0.164 e. The van der Waals surface area contributed by atoms with Gasteiger partial charge in [-0.15, -0.1) is 0 Å². The molecule has 1 aliphatic rings. The number of para-hydroxylation sites is 1. The first-order chi connectivity index (χ1) is 10.2. The SMILES string of the molecule is COc1cccc2c1OC[C@@H](NCc1cc(C)c(C)o1)C2. The molecule has 2 heterocycles. The van der Waals surface area contributed by atoms with Crippen molar-refractivity contribution in [1.29, 1.82) is 0 Å². The molecule has 0 bridgehead atoms. The number of furan rings is 1. The van der Waals surface area contributed by atoms with E-state index in [1.165, 1.54) is 11.1 Å². The summed E-state index contributed by atoms with van der Waals surface area (Å²) in [7, 11) is 1.67. The van der Waals surface area contributed by atoms with E-state index in [1.807, 2.05) is 19.1 Å². The van der Waals surface area contributed by atoms with E-state index in [4.69, 9.17) is 13.9 Å². The highest BCUT2D eigenvalue weighted by molar-refractivity contribution is 5.48. The van der Waals surface area contributed by atoms with Crippen molar-refractivity contribution in [3.05, 3.63) is 46.9 Å². The van der Waals surface area contributed by atoms with Crippen molar-refractivity contribution in [1.82, 2.24) is 5.32 Å². The lowest BCUT2D eigenvalue weighted by atomic mass is 10.0. The minimum atomic E-state index is 0.287. The van der Waals surface area contributed by atoms with Crippen molar-refractivity contribution in [2.45, 2.75) is 32.9 Å². The van der Waals surface area contributed by atoms with Crippen LogP contribution < -0.4 is 14.8 Å². The summed E-state index contributed by atoms with van der Waals surface area (Å²) in [5.41, 5.74) is 2.38. The van der Waals surface area contributed by atoms with Gasteiger partial charge in [-0.25, -0.2) is 0 Å². The van der Waals surface area contributed by atoms with Crippen LogP contribution in [0.4, 0.5) is 0 Å². The fourth-order valence-corrected chi connectivity index (χ4v) is 2.67. The molecule has 0 radical (unpaired) electrons. The van der Waals surface area contributed by atoms with Gasteiger partial charge in [0.25, 0.3) is 0 Å². The molecular weight excluding hydrogens is 266 g/mol. The molecule has 1 aromatic heterocycles. The van der Waals surface area contributed by atoms with Gasteiger partial charge in [0.05, 0.1) is 13.7 Å². The Labute approximate surface area is 125 Å². The molecule has 0 amide bonds. The van der Waals surface area contributed by atoms with Crippen molar-refractivity contribution >= 4 is 0 Å².